The summed E-state index contributed by atoms with van der Waals surface area (Å²) in [7, 11) is 2.24. The van der Waals surface area contributed by atoms with Crippen LogP contribution in [-0.4, -0.2) is 36.1 Å². The fourth-order valence-corrected chi connectivity index (χ4v) is 5.27. The SMILES string of the molecule is CN1[C@@H]2CC[C@@H]1CC(NC(=O)N1c3ccccc3CCc3ccccc31)C2. The number of fused-ring (bicyclic) bond motifs is 4. The summed E-state index contributed by atoms with van der Waals surface area (Å²) in [5.74, 6) is 0. The van der Waals surface area contributed by atoms with Gasteiger partial charge in [-0.05, 0) is 68.8 Å². The molecule has 1 N–H and O–H groups in total. The van der Waals surface area contributed by atoms with Crippen molar-refractivity contribution < 1.29 is 4.79 Å². The highest BCUT2D eigenvalue weighted by molar-refractivity contribution is 6.01. The predicted octanol–water partition coefficient (Wildman–Crippen LogP) is 4.26. The molecule has 5 rings (SSSR count). The van der Waals surface area contributed by atoms with Crippen molar-refractivity contribution in [1.82, 2.24) is 10.2 Å². The lowest BCUT2D eigenvalue weighted by atomic mass is 9.98. The second-order valence-electron chi connectivity index (χ2n) is 8.26. The molecule has 0 aromatic heterocycles. The van der Waals surface area contributed by atoms with E-state index in [1.807, 2.05) is 17.0 Å². The van der Waals surface area contributed by atoms with Crippen LogP contribution in [0.4, 0.5) is 16.2 Å². The van der Waals surface area contributed by atoms with E-state index in [0.717, 1.165) is 37.1 Å². The van der Waals surface area contributed by atoms with Crippen LogP contribution >= 0.6 is 0 Å². The second-order valence-corrected chi connectivity index (χ2v) is 8.26. The van der Waals surface area contributed by atoms with Crippen LogP contribution in [0.3, 0.4) is 0 Å². The van der Waals surface area contributed by atoms with Crippen molar-refractivity contribution in [3.8, 4) is 0 Å². The third-order valence-corrected chi connectivity index (χ3v) is 6.76. The number of carbonyl (C=O) groups excluding carboxylic acids is 1. The molecule has 0 unspecified atom stereocenters. The van der Waals surface area contributed by atoms with E-state index in [1.54, 1.807) is 0 Å². The number of benzene rings is 2. The van der Waals surface area contributed by atoms with Gasteiger partial charge in [0.05, 0.1) is 11.4 Å². The molecular weight excluding hydrogens is 334 g/mol. The minimum absolute atomic E-state index is 0.0192. The minimum Gasteiger partial charge on any atom is -0.335 e. The fourth-order valence-electron chi connectivity index (χ4n) is 5.27. The number of carbonyl (C=O) groups is 1. The second kappa shape index (κ2) is 6.68. The Balaban J connectivity index is 1.46. The van der Waals surface area contributed by atoms with Gasteiger partial charge in [-0.1, -0.05) is 36.4 Å². The molecule has 0 aliphatic carbocycles. The van der Waals surface area contributed by atoms with Gasteiger partial charge in [-0.3, -0.25) is 4.90 Å². The van der Waals surface area contributed by atoms with E-state index in [9.17, 15) is 4.79 Å². The maximum atomic E-state index is 13.5. The van der Waals surface area contributed by atoms with Gasteiger partial charge in [0.2, 0.25) is 0 Å². The summed E-state index contributed by atoms with van der Waals surface area (Å²) in [6.07, 6.45) is 6.60. The Morgan fingerprint density at radius 1 is 0.889 bits per heavy atom. The molecule has 0 saturated carbocycles. The number of nitrogens with one attached hydrogen (secondary N) is 1. The Hall–Kier alpha value is -2.33. The zero-order valence-electron chi connectivity index (χ0n) is 15.9. The molecule has 2 aromatic carbocycles. The van der Waals surface area contributed by atoms with E-state index in [4.69, 9.17) is 0 Å². The lowest BCUT2D eigenvalue weighted by Crippen LogP contribution is -2.51. The van der Waals surface area contributed by atoms with Gasteiger partial charge < -0.3 is 10.2 Å². The molecule has 0 radical (unpaired) electrons. The lowest BCUT2D eigenvalue weighted by molar-refractivity contribution is 0.150. The molecule has 2 amide bonds. The van der Waals surface area contributed by atoms with Crippen molar-refractivity contribution in [2.45, 2.75) is 56.7 Å². The van der Waals surface area contributed by atoms with E-state index in [-0.39, 0.29) is 12.1 Å². The summed E-state index contributed by atoms with van der Waals surface area (Å²) in [6, 6.07) is 18.2. The number of hydrogen-bond acceptors (Lipinski definition) is 2. The number of nitrogens with zero attached hydrogens (tertiary/aromatic N) is 2. The average molecular weight is 361 g/mol. The van der Waals surface area contributed by atoms with Crippen LogP contribution < -0.4 is 10.2 Å². The molecule has 2 fully saturated rings. The molecule has 2 aromatic rings. The molecule has 2 saturated heterocycles. The van der Waals surface area contributed by atoms with Crippen molar-refractivity contribution in [3.05, 3.63) is 59.7 Å². The fraction of sp³-hybridized carbons (Fsp3) is 0.435. The molecule has 4 nitrogen and oxygen atoms in total. The first-order valence-corrected chi connectivity index (χ1v) is 10.2. The van der Waals surface area contributed by atoms with Gasteiger partial charge in [0.25, 0.3) is 0 Å². The van der Waals surface area contributed by atoms with Crippen molar-refractivity contribution in [3.63, 3.8) is 0 Å². The molecule has 3 aliphatic rings. The summed E-state index contributed by atoms with van der Waals surface area (Å²) in [5.41, 5.74) is 4.53. The average Bonchev–Trinajstić information content (AvgIpc) is 2.87. The standard InChI is InChI=1S/C23H27N3O/c1-25-19-12-13-20(25)15-18(14-19)24-23(27)26-21-8-4-2-6-16(21)10-11-17-7-3-5-9-22(17)26/h2-9,18-20H,10-15H2,1H3,(H,24,27)/t19-,20-/m1/s1. The Bertz CT molecular complexity index is 803. The number of rotatable bonds is 1. The highest BCUT2D eigenvalue weighted by Crippen LogP contribution is 2.37. The van der Waals surface area contributed by atoms with Gasteiger partial charge in [0.1, 0.15) is 0 Å². The molecule has 2 bridgehead atoms. The molecule has 27 heavy (non-hydrogen) atoms. The maximum Gasteiger partial charge on any atom is 0.326 e. The quantitative estimate of drug-likeness (QED) is 0.824. The summed E-state index contributed by atoms with van der Waals surface area (Å²) >= 11 is 0. The summed E-state index contributed by atoms with van der Waals surface area (Å²) < 4.78 is 0. The largest absolute Gasteiger partial charge is 0.335 e. The van der Waals surface area contributed by atoms with Gasteiger partial charge in [0.15, 0.2) is 0 Å². The number of anilines is 2. The Morgan fingerprint density at radius 2 is 1.41 bits per heavy atom. The third-order valence-electron chi connectivity index (χ3n) is 6.76. The number of piperidine rings is 1. The van der Waals surface area contributed by atoms with Gasteiger partial charge in [0, 0.05) is 18.1 Å². The van der Waals surface area contributed by atoms with Crippen molar-refractivity contribution in [2.75, 3.05) is 11.9 Å². The molecule has 4 heteroatoms. The van der Waals surface area contributed by atoms with Gasteiger partial charge in [-0.2, -0.15) is 0 Å². The zero-order valence-corrected chi connectivity index (χ0v) is 15.9. The number of para-hydroxylation sites is 2. The molecule has 3 aliphatic heterocycles. The summed E-state index contributed by atoms with van der Waals surface area (Å²) in [5, 5.41) is 3.38. The van der Waals surface area contributed by atoms with Crippen molar-refractivity contribution >= 4 is 17.4 Å². The van der Waals surface area contributed by atoms with E-state index in [0.29, 0.717) is 12.1 Å². The summed E-state index contributed by atoms with van der Waals surface area (Å²) in [4.78, 5) is 17.9. The van der Waals surface area contributed by atoms with Crippen LogP contribution in [0.1, 0.15) is 36.8 Å². The van der Waals surface area contributed by atoms with Crippen molar-refractivity contribution in [2.24, 2.45) is 0 Å². The molecule has 0 spiro atoms. The lowest BCUT2D eigenvalue weighted by Gasteiger charge is -2.37. The number of hydrogen-bond donors (Lipinski definition) is 1. The molecule has 140 valence electrons. The maximum absolute atomic E-state index is 13.5. The smallest absolute Gasteiger partial charge is 0.326 e. The van der Waals surface area contributed by atoms with Gasteiger partial charge in [-0.15, -0.1) is 0 Å². The first-order chi connectivity index (χ1) is 13.2. The van der Waals surface area contributed by atoms with Gasteiger partial charge >= 0.3 is 6.03 Å². The Morgan fingerprint density at radius 3 is 1.96 bits per heavy atom. The monoisotopic (exact) mass is 361 g/mol. The van der Waals surface area contributed by atoms with Crippen LogP contribution in [-0.2, 0) is 12.8 Å². The first kappa shape index (κ1) is 16.8. The number of urea groups is 1. The Kier molecular flexibility index (Phi) is 4.16. The number of amides is 2. The topological polar surface area (TPSA) is 35.6 Å². The first-order valence-electron chi connectivity index (χ1n) is 10.2. The molecule has 3 heterocycles. The predicted molar refractivity (Wildman–Crippen MR) is 109 cm³/mol. The van der Waals surface area contributed by atoms with Crippen LogP contribution in [0.15, 0.2) is 48.5 Å². The number of aryl methyl sites for hydroxylation is 2. The van der Waals surface area contributed by atoms with E-state index < -0.39 is 0 Å². The molecule has 2 atom stereocenters. The van der Waals surface area contributed by atoms with Crippen LogP contribution in [0.5, 0.6) is 0 Å². The highest BCUT2D eigenvalue weighted by Gasteiger charge is 2.39. The van der Waals surface area contributed by atoms with E-state index in [1.165, 1.54) is 24.0 Å². The summed E-state index contributed by atoms with van der Waals surface area (Å²) in [6.45, 7) is 0. The zero-order chi connectivity index (χ0) is 18.4. The highest BCUT2D eigenvalue weighted by atomic mass is 16.2. The van der Waals surface area contributed by atoms with Crippen LogP contribution in [0.2, 0.25) is 0 Å². The molecular formula is C23H27N3O. The van der Waals surface area contributed by atoms with E-state index >= 15 is 0 Å². The Labute approximate surface area is 161 Å². The van der Waals surface area contributed by atoms with Crippen LogP contribution in [0.25, 0.3) is 0 Å². The normalized spacial score (nSPS) is 26.9. The third kappa shape index (κ3) is 2.92. The van der Waals surface area contributed by atoms with Gasteiger partial charge in [-0.25, -0.2) is 4.79 Å². The van der Waals surface area contributed by atoms with Crippen LogP contribution in [0, 0.1) is 0 Å². The van der Waals surface area contributed by atoms with E-state index in [2.05, 4.69) is 53.7 Å². The minimum atomic E-state index is 0.0192. The van der Waals surface area contributed by atoms with Crippen molar-refractivity contribution in [1.29, 1.82) is 0 Å².